The van der Waals surface area contributed by atoms with Gasteiger partial charge in [0.1, 0.15) is 6.07 Å². The molecule has 7 heteroatoms. The van der Waals surface area contributed by atoms with Crippen molar-refractivity contribution in [2.24, 2.45) is 0 Å². The molecule has 148 valence electrons. The molecule has 3 aromatic rings. The smallest absolute Gasteiger partial charge is 0.209 e. The second kappa shape index (κ2) is 7.82. The van der Waals surface area contributed by atoms with Crippen LogP contribution in [-0.2, 0) is 22.9 Å². The van der Waals surface area contributed by atoms with Crippen molar-refractivity contribution in [2.75, 3.05) is 6.26 Å². The number of aryl methyl sites for hydroxylation is 1. The highest BCUT2D eigenvalue weighted by atomic mass is 32.2. The summed E-state index contributed by atoms with van der Waals surface area (Å²) in [4.78, 5) is 0. The zero-order valence-electron chi connectivity index (χ0n) is 16.1. The van der Waals surface area contributed by atoms with Crippen LogP contribution in [0.1, 0.15) is 29.4 Å². The predicted molar refractivity (Wildman–Crippen MR) is 112 cm³/mol. The van der Waals surface area contributed by atoms with E-state index in [1.807, 2.05) is 35.0 Å². The molecular formula is C22H22N4O2S. The molecule has 0 aliphatic carbocycles. The first kappa shape index (κ1) is 19.4. The standard InChI is InChI=1S/C22H22N4O2S/c1-29(27,28)25-21-11-10-20-14-19(15-23)24-26(20)22(21)13-16-6-5-9-18(12-16)17-7-3-2-4-8-17/h2-9,12,14,21-22,25H,10-11,13H2,1H3/t21-,22-/m0/s1. The Kier molecular flexibility index (Phi) is 5.22. The molecule has 2 aromatic carbocycles. The molecule has 0 radical (unpaired) electrons. The van der Waals surface area contributed by atoms with E-state index in [1.165, 1.54) is 6.26 Å². The zero-order valence-corrected chi connectivity index (χ0v) is 16.9. The number of nitrogens with zero attached hydrogens (tertiary/aromatic N) is 3. The van der Waals surface area contributed by atoms with Gasteiger partial charge < -0.3 is 0 Å². The van der Waals surface area contributed by atoms with E-state index < -0.39 is 10.0 Å². The van der Waals surface area contributed by atoms with Crippen molar-refractivity contribution in [3.8, 4) is 17.2 Å². The average molecular weight is 407 g/mol. The summed E-state index contributed by atoms with van der Waals surface area (Å²) in [5, 5.41) is 13.7. The van der Waals surface area contributed by atoms with Crippen LogP contribution in [0.25, 0.3) is 11.1 Å². The molecule has 1 N–H and O–H groups in total. The van der Waals surface area contributed by atoms with E-state index in [0.717, 1.165) is 22.4 Å². The Labute approximate surface area is 170 Å². The molecule has 29 heavy (non-hydrogen) atoms. The summed E-state index contributed by atoms with van der Waals surface area (Å²) < 4.78 is 28.4. The van der Waals surface area contributed by atoms with Crippen LogP contribution in [0.2, 0.25) is 0 Å². The maximum Gasteiger partial charge on any atom is 0.209 e. The van der Waals surface area contributed by atoms with Crippen LogP contribution in [-0.4, -0.2) is 30.5 Å². The van der Waals surface area contributed by atoms with Gasteiger partial charge in [-0.15, -0.1) is 0 Å². The average Bonchev–Trinajstić information content (AvgIpc) is 3.13. The van der Waals surface area contributed by atoms with Crippen molar-refractivity contribution >= 4 is 10.0 Å². The fraction of sp³-hybridized carbons (Fsp3) is 0.273. The van der Waals surface area contributed by atoms with E-state index >= 15 is 0 Å². The van der Waals surface area contributed by atoms with Crippen LogP contribution in [0.4, 0.5) is 0 Å². The topological polar surface area (TPSA) is 87.8 Å². The number of benzene rings is 2. The van der Waals surface area contributed by atoms with E-state index in [9.17, 15) is 13.7 Å². The maximum atomic E-state index is 11.9. The molecule has 0 bridgehead atoms. The Morgan fingerprint density at radius 3 is 2.62 bits per heavy atom. The molecule has 2 heterocycles. The van der Waals surface area contributed by atoms with E-state index in [0.29, 0.717) is 25.0 Å². The van der Waals surface area contributed by atoms with Gasteiger partial charge in [0.2, 0.25) is 10.0 Å². The highest BCUT2D eigenvalue weighted by Gasteiger charge is 2.32. The third-order valence-corrected chi connectivity index (χ3v) is 5.99. The maximum absolute atomic E-state index is 11.9. The third kappa shape index (κ3) is 4.39. The lowest BCUT2D eigenvalue weighted by Crippen LogP contribution is -2.45. The van der Waals surface area contributed by atoms with Crippen molar-refractivity contribution in [3.63, 3.8) is 0 Å². The van der Waals surface area contributed by atoms with Crippen molar-refractivity contribution < 1.29 is 8.42 Å². The van der Waals surface area contributed by atoms with Crippen LogP contribution in [0, 0.1) is 11.3 Å². The summed E-state index contributed by atoms with van der Waals surface area (Å²) in [5.41, 5.74) is 4.68. The van der Waals surface area contributed by atoms with Gasteiger partial charge in [0, 0.05) is 11.7 Å². The molecule has 6 nitrogen and oxygen atoms in total. The molecule has 0 unspecified atom stereocenters. The summed E-state index contributed by atoms with van der Waals surface area (Å²) in [6.07, 6.45) is 3.15. The van der Waals surface area contributed by atoms with Gasteiger partial charge in [0.15, 0.2) is 5.69 Å². The highest BCUT2D eigenvalue weighted by molar-refractivity contribution is 7.88. The normalized spacial score (nSPS) is 18.8. The summed E-state index contributed by atoms with van der Waals surface area (Å²) in [7, 11) is -3.36. The Morgan fingerprint density at radius 2 is 1.90 bits per heavy atom. The number of nitriles is 1. The van der Waals surface area contributed by atoms with Crippen molar-refractivity contribution in [1.29, 1.82) is 5.26 Å². The van der Waals surface area contributed by atoms with Gasteiger partial charge in [0.25, 0.3) is 0 Å². The molecule has 1 aliphatic heterocycles. The number of aromatic nitrogens is 2. The van der Waals surface area contributed by atoms with E-state index in [4.69, 9.17) is 0 Å². The Hall–Kier alpha value is -2.95. The van der Waals surface area contributed by atoms with Gasteiger partial charge in [0.05, 0.1) is 12.3 Å². The number of rotatable bonds is 5. The molecule has 2 atom stereocenters. The molecular weight excluding hydrogens is 384 g/mol. The first-order valence-electron chi connectivity index (χ1n) is 9.53. The van der Waals surface area contributed by atoms with Crippen LogP contribution in [0.5, 0.6) is 0 Å². The number of fused-ring (bicyclic) bond motifs is 1. The zero-order chi connectivity index (χ0) is 20.4. The van der Waals surface area contributed by atoms with Crippen molar-refractivity contribution in [2.45, 2.75) is 31.3 Å². The van der Waals surface area contributed by atoms with Gasteiger partial charge in [-0.2, -0.15) is 10.4 Å². The lowest BCUT2D eigenvalue weighted by atomic mass is 9.91. The highest BCUT2D eigenvalue weighted by Crippen LogP contribution is 2.30. The Bertz CT molecular complexity index is 1160. The molecule has 0 spiro atoms. The van der Waals surface area contributed by atoms with Gasteiger partial charge in [-0.3, -0.25) is 4.68 Å². The minimum atomic E-state index is -3.36. The molecule has 0 fully saturated rings. The quantitative estimate of drug-likeness (QED) is 0.705. The van der Waals surface area contributed by atoms with E-state index in [2.05, 4.69) is 40.2 Å². The van der Waals surface area contributed by atoms with Crippen LogP contribution in [0.15, 0.2) is 60.7 Å². The van der Waals surface area contributed by atoms with Crippen LogP contribution in [0.3, 0.4) is 0 Å². The third-order valence-electron chi connectivity index (χ3n) is 5.26. The summed E-state index contributed by atoms with van der Waals surface area (Å²) in [6.45, 7) is 0. The first-order valence-corrected chi connectivity index (χ1v) is 11.4. The van der Waals surface area contributed by atoms with Gasteiger partial charge >= 0.3 is 0 Å². The second-order valence-corrected chi connectivity index (χ2v) is 9.23. The van der Waals surface area contributed by atoms with Gasteiger partial charge in [-0.25, -0.2) is 13.1 Å². The fourth-order valence-electron chi connectivity index (χ4n) is 4.02. The molecule has 0 saturated carbocycles. The number of hydrogen-bond acceptors (Lipinski definition) is 4. The number of sulfonamides is 1. The van der Waals surface area contributed by atoms with E-state index in [1.54, 1.807) is 6.07 Å². The molecule has 1 aliphatic rings. The minimum Gasteiger partial charge on any atom is -0.263 e. The summed E-state index contributed by atoms with van der Waals surface area (Å²) in [6, 6.07) is 21.8. The Morgan fingerprint density at radius 1 is 1.14 bits per heavy atom. The largest absolute Gasteiger partial charge is 0.263 e. The lowest BCUT2D eigenvalue weighted by molar-refractivity contribution is 0.299. The van der Waals surface area contributed by atoms with Crippen molar-refractivity contribution in [3.05, 3.63) is 77.6 Å². The van der Waals surface area contributed by atoms with Gasteiger partial charge in [-0.1, -0.05) is 54.6 Å². The number of hydrogen-bond donors (Lipinski definition) is 1. The lowest BCUT2D eigenvalue weighted by Gasteiger charge is -2.33. The molecule has 0 amide bonds. The summed E-state index contributed by atoms with van der Waals surface area (Å²) in [5.74, 6) is 0. The Balaban J connectivity index is 1.69. The van der Waals surface area contributed by atoms with Crippen LogP contribution < -0.4 is 4.72 Å². The minimum absolute atomic E-state index is 0.193. The first-order chi connectivity index (χ1) is 13.9. The summed E-state index contributed by atoms with van der Waals surface area (Å²) >= 11 is 0. The van der Waals surface area contributed by atoms with Gasteiger partial charge in [-0.05, 0) is 42.0 Å². The molecule has 0 saturated heterocycles. The predicted octanol–water partition coefficient (Wildman–Crippen LogP) is 3.07. The monoisotopic (exact) mass is 406 g/mol. The van der Waals surface area contributed by atoms with Crippen LogP contribution >= 0.6 is 0 Å². The van der Waals surface area contributed by atoms with Crippen molar-refractivity contribution in [1.82, 2.24) is 14.5 Å². The van der Waals surface area contributed by atoms with E-state index in [-0.39, 0.29) is 12.1 Å². The number of nitrogens with one attached hydrogen (secondary N) is 1. The fourth-order valence-corrected chi connectivity index (χ4v) is 4.84. The second-order valence-electron chi connectivity index (χ2n) is 7.45. The molecule has 1 aromatic heterocycles. The molecule has 4 rings (SSSR count). The SMILES string of the molecule is CS(=O)(=O)N[C@H]1CCc2cc(C#N)nn2[C@H]1Cc1cccc(-c2ccccc2)c1.